The molecule has 2 heterocycles. The van der Waals surface area contributed by atoms with Gasteiger partial charge in [0.25, 0.3) is 5.91 Å². The van der Waals surface area contributed by atoms with Crippen molar-refractivity contribution in [2.24, 2.45) is 5.92 Å². The van der Waals surface area contributed by atoms with Gasteiger partial charge in [0, 0.05) is 12.2 Å². The maximum Gasteiger partial charge on any atom is 0.338 e. The SMILES string of the molecule is CCOC(=O)c1ccc(N2C(=O)[C@H](CC(=O)Nc3ccc(OCC)cc3)N(CCCN3CCC(Cc4ccccc4)CC3)C2=S)cc1. The minimum absolute atomic E-state index is 0.0471. The molecule has 0 bridgehead atoms. The van der Waals surface area contributed by atoms with Crippen LogP contribution in [0.5, 0.6) is 5.75 Å². The molecule has 2 amide bonds. The molecule has 10 heteroatoms. The van der Waals surface area contributed by atoms with E-state index in [4.69, 9.17) is 21.7 Å². The second-order valence-electron chi connectivity index (χ2n) is 12.0. The highest BCUT2D eigenvalue weighted by Gasteiger charge is 2.44. The Hall–Kier alpha value is -4.28. The number of hydrogen-bond acceptors (Lipinski definition) is 7. The summed E-state index contributed by atoms with van der Waals surface area (Å²) in [5.74, 6) is 0.448. The average molecular weight is 657 g/mol. The Bertz CT molecular complexity index is 1510. The highest BCUT2D eigenvalue weighted by molar-refractivity contribution is 7.80. The fourth-order valence-electron chi connectivity index (χ4n) is 6.30. The van der Waals surface area contributed by atoms with Crippen LogP contribution in [0.15, 0.2) is 78.9 Å². The van der Waals surface area contributed by atoms with E-state index in [9.17, 15) is 14.4 Å². The van der Waals surface area contributed by atoms with Gasteiger partial charge in [-0.25, -0.2) is 4.79 Å². The van der Waals surface area contributed by atoms with Gasteiger partial charge < -0.3 is 24.6 Å². The Balaban J connectivity index is 1.22. The summed E-state index contributed by atoms with van der Waals surface area (Å²) >= 11 is 5.87. The van der Waals surface area contributed by atoms with E-state index in [0.29, 0.717) is 41.1 Å². The van der Waals surface area contributed by atoms with Gasteiger partial charge in [0.2, 0.25) is 5.91 Å². The number of likely N-dealkylation sites (tertiary alicyclic amines) is 1. The number of amides is 2. The lowest BCUT2D eigenvalue weighted by atomic mass is 9.90. The molecule has 0 radical (unpaired) electrons. The normalized spacial score (nSPS) is 17.2. The van der Waals surface area contributed by atoms with Gasteiger partial charge in [-0.1, -0.05) is 30.3 Å². The van der Waals surface area contributed by atoms with E-state index in [2.05, 4.69) is 40.5 Å². The predicted octanol–water partition coefficient (Wildman–Crippen LogP) is 5.94. The molecule has 3 aromatic rings. The summed E-state index contributed by atoms with van der Waals surface area (Å²) in [6.07, 6.45) is 4.21. The third-order valence-electron chi connectivity index (χ3n) is 8.73. The molecule has 9 nitrogen and oxygen atoms in total. The van der Waals surface area contributed by atoms with Crippen molar-refractivity contribution >= 4 is 46.5 Å². The zero-order valence-corrected chi connectivity index (χ0v) is 28.0. The fourth-order valence-corrected chi connectivity index (χ4v) is 6.71. The molecule has 0 unspecified atom stereocenters. The van der Waals surface area contributed by atoms with E-state index in [1.165, 1.54) is 23.3 Å². The highest BCUT2D eigenvalue weighted by Crippen LogP contribution is 2.29. The molecule has 2 aliphatic heterocycles. The van der Waals surface area contributed by atoms with E-state index >= 15 is 0 Å². The summed E-state index contributed by atoms with van der Waals surface area (Å²) in [6.45, 7) is 8.04. The first kappa shape index (κ1) is 34.1. The van der Waals surface area contributed by atoms with Crippen LogP contribution >= 0.6 is 12.2 Å². The molecule has 47 heavy (non-hydrogen) atoms. The molecule has 2 aliphatic rings. The summed E-state index contributed by atoms with van der Waals surface area (Å²) in [7, 11) is 0. The van der Waals surface area contributed by atoms with Crippen LogP contribution in [0, 0.1) is 5.92 Å². The second kappa shape index (κ2) is 16.5. The standard InChI is InChI=1S/C37H44N4O5S/c1-3-45-32-17-13-30(14-18-32)38-34(42)26-33-35(43)41(31-15-11-29(12-16-31)36(44)46-4-2)37(47)40(33)22-8-21-39-23-19-28(20-24-39)25-27-9-6-5-7-10-27/h5-7,9-18,28,33H,3-4,8,19-26H2,1-2H3,(H,38,42)/t33-/m0/s1. The number of piperidine rings is 1. The molecular weight excluding hydrogens is 612 g/mol. The van der Waals surface area contributed by atoms with Crippen molar-refractivity contribution in [2.75, 3.05) is 49.6 Å². The van der Waals surface area contributed by atoms with Gasteiger partial charge in [0.1, 0.15) is 11.8 Å². The second-order valence-corrected chi connectivity index (χ2v) is 12.3. The third kappa shape index (κ3) is 8.96. The van der Waals surface area contributed by atoms with Crippen LogP contribution in [-0.2, 0) is 20.7 Å². The smallest absolute Gasteiger partial charge is 0.338 e. The number of thiocarbonyl (C=S) groups is 1. The first-order chi connectivity index (χ1) is 22.9. The van der Waals surface area contributed by atoms with Crippen LogP contribution in [-0.4, -0.2) is 78.1 Å². The topological polar surface area (TPSA) is 91.4 Å². The van der Waals surface area contributed by atoms with E-state index in [0.717, 1.165) is 38.2 Å². The number of nitrogens with zero attached hydrogens (tertiary/aromatic N) is 3. The minimum atomic E-state index is -0.744. The lowest BCUT2D eigenvalue weighted by Gasteiger charge is -2.33. The number of esters is 1. The Labute approximate surface area is 282 Å². The predicted molar refractivity (Wildman–Crippen MR) is 188 cm³/mol. The number of nitrogens with one attached hydrogen (secondary N) is 1. The maximum absolute atomic E-state index is 13.9. The summed E-state index contributed by atoms with van der Waals surface area (Å²) < 4.78 is 10.6. The van der Waals surface area contributed by atoms with Crippen molar-refractivity contribution in [3.05, 3.63) is 90.0 Å². The molecule has 0 spiro atoms. The molecule has 2 fully saturated rings. The molecule has 248 valence electrons. The highest BCUT2D eigenvalue weighted by atomic mass is 32.1. The first-order valence-electron chi connectivity index (χ1n) is 16.6. The van der Waals surface area contributed by atoms with Crippen molar-refractivity contribution in [1.82, 2.24) is 9.80 Å². The van der Waals surface area contributed by atoms with Crippen LogP contribution in [0.25, 0.3) is 0 Å². The summed E-state index contributed by atoms with van der Waals surface area (Å²) in [5.41, 5.74) is 2.97. The van der Waals surface area contributed by atoms with Crippen LogP contribution in [0.2, 0.25) is 0 Å². The summed E-state index contributed by atoms with van der Waals surface area (Å²) in [5, 5.41) is 3.28. The Kier molecular flexibility index (Phi) is 12.0. The maximum atomic E-state index is 13.9. The lowest BCUT2D eigenvalue weighted by Crippen LogP contribution is -2.40. The lowest BCUT2D eigenvalue weighted by molar-refractivity contribution is -0.124. The quantitative estimate of drug-likeness (QED) is 0.169. The van der Waals surface area contributed by atoms with E-state index in [1.807, 2.05) is 11.8 Å². The van der Waals surface area contributed by atoms with Gasteiger partial charge in [-0.2, -0.15) is 0 Å². The molecule has 2 saturated heterocycles. The molecule has 5 rings (SSSR count). The molecular formula is C37H44N4O5S. The molecule has 0 aliphatic carbocycles. The van der Waals surface area contributed by atoms with Gasteiger partial charge in [-0.15, -0.1) is 0 Å². The van der Waals surface area contributed by atoms with Crippen molar-refractivity contribution in [3.63, 3.8) is 0 Å². The summed E-state index contributed by atoms with van der Waals surface area (Å²) in [6, 6.07) is 23.7. The molecule has 1 atom stereocenters. The van der Waals surface area contributed by atoms with Gasteiger partial charge in [0.05, 0.1) is 30.9 Å². The number of benzene rings is 3. The van der Waals surface area contributed by atoms with E-state index < -0.39 is 12.0 Å². The van der Waals surface area contributed by atoms with E-state index in [-0.39, 0.29) is 24.8 Å². The molecule has 1 N–H and O–H groups in total. The fraction of sp³-hybridized carbons (Fsp3) is 0.405. The van der Waals surface area contributed by atoms with Crippen LogP contribution in [0.3, 0.4) is 0 Å². The first-order valence-corrected chi connectivity index (χ1v) is 17.0. The Morgan fingerprint density at radius 3 is 2.26 bits per heavy atom. The summed E-state index contributed by atoms with van der Waals surface area (Å²) in [4.78, 5) is 45.2. The van der Waals surface area contributed by atoms with Crippen LogP contribution < -0.4 is 15.0 Å². The number of anilines is 2. The number of carbonyl (C=O) groups is 3. The molecule has 3 aromatic carbocycles. The van der Waals surface area contributed by atoms with Crippen molar-refractivity contribution in [3.8, 4) is 5.75 Å². The van der Waals surface area contributed by atoms with E-state index in [1.54, 1.807) is 55.5 Å². The Morgan fingerprint density at radius 2 is 1.60 bits per heavy atom. The van der Waals surface area contributed by atoms with Crippen LogP contribution in [0.4, 0.5) is 11.4 Å². The van der Waals surface area contributed by atoms with Crippen molar-refractivity contribution in [1.29, 1.82) is 0 Å². The number of carbonyl (C=O) groups excluding carboxylic acids is 3. The van der Waals surface area contributed by atoms with Crippen molar-refractivity contribution < 1.29 is 23.9 Å². The zero-order valence-electron chi connectivity index (χ0n) is 27.2. The van der Waals surface area contributed by atoms with Crippen molar-refractivity contribution in [2.45, 2.75) is 52.0 Å². The third-order valence-corrected chi connectivity index (χ3v) is 9.15. The van der Waals surface area contributed by atoms with Gasteiger partial charge in [-0.3, -0.25) is 14.5 Å². The largest absolute Gasteiger partial charge is 0.494 e. The monoisotopic (exact) mass is 656 g/mol. The number of rotatable bonds is 14. The number of hydrogen-bond donors (Lipinski definition) is 1. The van der Waals surface area contributed by atoms with Gasteiger partial charge >= 0.3 is 5.97 Å². The average Bonchev–Trinajstić information content (AvgIpc) is 3.31. The molecule has 0 aromatic heterocycles. The molecule has 0 saturated carbocycles. The number of ether oxygens (including phenoxy) is 2. The Morgan fingerprint density at radius 1 is 0.894 bits per heavy atom. The minimum Gasteiger partial charge on any atom is -0.494 e. The zero-order chi connectivity index (χ0) is 33.2. The van der Waals surface area contributed by atoms with Gasteiger partial charge in [-0.05, 0) is 131 Å². The van der Waals surface area contributed by atoms with Gasteiger partial charge in [0.15, 0.2) is 5.11 Å². The van der Waals surface area contributed by atoms with Crippen LogP contribution in [0.1, 0.15) is 55.5 Å².